The number of thiophene rings is 1. The average Bonchev–Trinajstić information content (AvgIpc) is 3.20. The van der Waals surface area contributed by atoms with Crippen molar-refractivity contribution in [2.75, 3.05) is 0 Å². The van der Waals surface area contributed by atoms with Gasteiger partial charge in [-0.3, -0.25) is 4.98 Å². The highest BCUT2D eigenvalue weighted by Crippen LogP contribution is 2.47. The first-order valence-corrected chi connectivity index (χ1v) is 10.9. The maximum absolute atomic E-state index is 13.6. The lowest BCUT2D eigenvalue weighted by Gasteiger charge is -2.09. The Morgan fingerprint density at radius 2 is 1.71 bits per heavy atom. The molecule has 2 heterocycles. The summed E-state index contributed by atoms with van der Waals surface area (Å²) in [6.07, 6.45) is 5.32. The molecule has 4 rings (SSSR count). The van der Waals surface area contributed by atoms with Crippen molar-refractivity contribution in [2.24, 2.45) is 0 Å². The van der Waals surface area contributed by atoms with Gasteiger partial charge in [0.25, 0.3) is 0 Å². The number of unbranched alkanes of at least 4 members (excludes halogenated alkanes) is 1. The third-order valence-corrected chi connectivity index (χ3v) is 6.00. The van der Waals surface area contributed by atoms with Crippen molar-refractivity contribution in [3.05, 3.63) is 89.3 Å². The standard InChI is InChI=1S/C27H19FN2S/c1-2-3-4-8-24-25(22-7-5-6-19(17-22)18-29)26(20-13-15-30-16-14-20)27(31-24)21-9-11-23(28)12-10-21/h5-7,9-17H,2-3H2,1H3. The van der Waals surface area contributed by atoms with Gasteiger partial charge >= 0.3 is 0 Å². The Kier molecular flexibility index (Phi) is 6.22. The molecule has 4 aromatic rings. The van der Waals surface area contributed by atoms with E-state index in [-0.39, 0.29) is 5.82 Å². The fourth-order valence-electron chi connectivity index (χ4n) is 3.41. The molecular formula is C27H19FN2S. The first kappa shape index (κ1) is 20.5. The van der Waals surface area contributed by atoms with Crippen LogP contribution in [0.2, 0.25) is 0 Å². The molecule has 31 heavy (non-hydrogen) atoms. The molecule has 150 valence electrons. The Morgan fingerprint density at radius 3 is 2.42 bits per heavy atom. The summed E-state index contributed by atoms with van der Waals surface area (Å²) in [5, 5.41) is 9.43. The number of nitrogens with zero attached hydrogens (tertiary/aromatic N) is 2. The minimum Gasteiger partial charge on any atom is -0.265 e. The highest BCUT2D eigenvalue weighted by atomic mass is 32.1. The Bertz CT molecular complexity index is 1300. The van der Waals surface area contributed by atoms with E-state index in [0.29, 0.717) is 5.56 Å². The molecule has 0 radical (unpaired) electrons. The SMILES string of the molecule is CCCC#Cc1sc(-c2ccc(F)cc2)c(-c2ccncc2)c1-c1cccc(C#N)c1. The van der Waals surface area contributed by atoms with Gasteiger partial charge in [0.1, 0.15) is 5.82 Å². The van der Waals surface area contributed by atoms with E-state index in [1.165, 1.54) is 12.1 Å². The summed E-state index contributed by atoms with van der Waals surface area (Å²) in [5.74, 6) is 6.36. The van der Waals surface area contributed by atoms with Crippen LogP contribution in [0.1, 0.15) is 30.2 Å². The number of nitriles is 1. The molecular weight excluding hydrogens is 403 g/mol. The van der Waals surface area contributed by atoms with Gasteiger partial charge in [-0.2, -0.15) is 5.26 Å². The van der Waals surface area contributed by atoms with Crippen LogP contribution < -0.4 is 0 Å². The molecule has 2 aromatic heterocycles. The van der Waals surface area contributed by atoms with Gasteiger partial charge in [0.05, 0.1) is 16.5 Å². The second-order valence-corrected chi connectivity index (χ2v) is 8.02. The summed E-state index contributed by atoms with van der Waals surface area (Å²) < 4.78 is 13.6. The van der Waals surface area contributed by atoms with Gasteiger partial charge in [0, 0.05) is 34.8 Å². The van der Waals surface area contributed by atoms with Crippen molar-refractivity contribution in [3.8, 4) is 50.6 Å². The van der Waals surface area contributed by atoms with E-state index in [1.807, 2.05) is 30.3 Å². The number of pyridine rings is 1. The Hall–Kier alpha value is -3.73. The number of rotatable bonds is 4. The molecule has 0 atom stereocenters. The lowest BCUT2D eigenvalue weighted by molar-refractivity contribution is 0.628. The van der Waals surface area contributed by atoms with E-state index in [0.717, 1.165) is 50.4 Å². The Labute approximate surface area is 185 Å². The quantitative estimate of drug-likeness (QED) is 0.323. The molecule has 0 unspecified atom stereocenters. The summed E-state index contributed by atoms with van der Waals surface area (Å²) in [6.45, 7) is 2.10. The average molecular weight is 423 g/mol. The zero-order chi connectivity index (χ0) is 21.6. The van der Waals surface area contributed by atoms with Gasteiger partial charge in [-0.05, 0) is 59.5 Å². The monoisotopic (exact) mass is 422 g/mol. The van der Waals surface area contributed by atoms with Crippen LogP contribution in [0.15, 0.2) is 73.1 Å². The minimum atomic E-state index is -0.268. The van der Waals surface area contributed by atoms with Gasteiger partial charge in [-0.25, -0.2) is 4.39 Å². The minimum absolute atomic E-state index is 0.268. The molecule has 0 aliphatic rings. The number of hydrogen-bond donors (Lipinski definition) is 0. The van der Waals surface area contributed by atoms with E-state index in [1.54, 1.807) is 41.9 Å². The maximum Gasteiger partial charge on any atom is 0.123 e. The van der Waals surface area contributed by atoms with Gasteiger partial charge in [0.15, 0.2) is 0 Å². The van der Waals surface area contributed by atoms with Crippen LogP contribution >= 0.6 is 11.3 Å². The van der Waals surface area contributed by atoms with Gasteiger partial charge in [-0.1, -0.05) is 43.0 Å². The van der Waals surface area contributed by atoms with Gasteiger partial charge in [-0.15, -0.1) is 11.3 Å². The smallest absolute Gasteiger partial charge is 0.123 e. The fraction of sp³-hybridized carbons (Fsp3) is 0.111. The maximum atomic E-state index is 13.6. The van der Waals surface area contributed by atoms with E-state index in [2.05, 4.69) is 29.8 Å². The topological polar surface area (TPSA) is 36.7 Å². The van der Waals surface area contributed by atoms with Crippen LogP contribution in [0.3, 0.4) is 0 Å². The first-order chi connectivity index (χ1) is 15.2. The van der Waals surface area contributed by atoms with Crippen LogP contribution in [0.5, 0.6) is 0 Å². The molecule has 0 spiro atoms. The lowest BCUT2D eigenvalue weighted by atomic mass is 9.93. The second-order valence-electron chi connectivity index (χ2n) is 7.00. The van der Waals surface area contributed by atoms with E-state index in [4.69, 9.17) is 0 Å². The molecule has 0 N–H and O–H groups in total. The third kappa shape index (κ3) is 4.40. The molecule has 0 saturated heterocycles. The predicted octanol–water partition coefficient (Wildman–Crippen LogP) is 7.31. The second kappa shape index (κ2) is 9.39. The summed E-state index contributed by atoms with van der Waals surface area (Å²) in [7, 11) is 0. The normalized spacial score (nSPS) is 10.2. The number of aromatic nitrogens is 1. The summed E-state index contributed by atoms with van der Waals surface area (Å²) in [4.78, 5) is 6.12. The molecule has 2 nitrogen and oxygen atoms in total. The predicted molar refractivity (Wildman–Crippen MR) is 125 cm³/mol. The van der Waals surface area contributed by atoms with E-state index >= 15 is 0 Å². The lowest BCUT2D eigenvalue weighted by Crippen LogP contribution is -1.87. The highest BCUT2D eigenvalue weighted by molar-refractivity contribution is 7.17. The Morgan fingerprint density at radius 1 is 0.935 bits per heavy atom. The molecule has 4 heteroatoms. The number of benzene rings is 2. The molecule has 0 bridgehead atoms. The third-order valence-electron chi connectivity index (χ3n) is 4.84. The van der Waals surface area contributed by atoms with Crippen molar-refractivity contribution in [1.29, 1.82) is 5.26 Å². The van der Waals surface area contributed by atoms with Crippen LogP contribution in [-0.2, 0) is 0 Å². The highest BCUT2D eigenvalue weighted by Gasteiger charge is 2.21. The molecule has 0 aliphatic heterocycles. The summed E-state index contributed by atoms with van der Waals surface area (Å²) in [5.41, 5.74) is 5.49. The largest absolute Gasteiger partial charge is 0.265 e. The molecule has 2 aromatic carbocycles. The van der Waals surface area contributed by atoms with Crippen LogP contribution in [0.25, 0.3) is 32.7 Å². The van der Waals surface area contributed by atoms with E-state index < -0.39 is 0 Å². The molecule has 0 aliphatic carbocycles. The van der Waals surface area contributed by atoms with E-state index in [9.17, 15) is 9.65 Å². The van der Waals surface area contributed by atoms with Crippen molar-refractivity contribution < 1.29 is 4.39 Å². The number of halogens is 1. The van der Waals surface area contributed by atoms with Crippen molar-refractivity contribution in [1.82, 2.24) is 4.98 Å². The molecule has 0 saturated carbocycles. The zero-order valence-electron chi connectivity index (χ0n) is 17.0. The Balaban J connectivity index is 2.05. The van der Waals surface area contributed by atoms with Crippen molar-refractivity contribution >= 4 is 11.3 Å². The molecule has 0 fully saturated rings. The summed E-state index contributed by atoms with van der Waals surface area (Å²) in [6, 6.07) is 20.3. The molecule has 0 amide bonds. The summed E-state index contributed by atoms with van der Waals surface area (Å²) >= 11 is 1.60. The van der Waals surface area contributed by atoms with Crippen LogP contribution in [-0.4, -0.2) is 4.98 Å². The number of hydrogen-bond acceptors (Lipinski definition) is 3. The first-order valence-electron chi connectivity index (χ1n) is 10.0. The van der Waals surface area contributed by atoms with Crippen LogP contribution in [0, 0.1) is 29.0 Å². The van der Waals surface area contributed by atoms with Gasteiger partial charge in [0.2, 0.25) is 0 Å². The fourth-order valence-corrected chi connectivity index (χ4v) is 4.63. The van der Waals surface area contributed by atoms with Gasteiger partial charge < -0.3 is 0 Å². The zero-order valence-corrected chi connectivity index (χ0v) is 17.8. The van der Waals surface area contributed by atoms with Crippen molar-refractivity contribution in [2.45, 2.75) is 19.8 Å². The van der Waals surface area contributed by atoms with Crippen molar-refractivity contribution in [3.63, 3.8) is 0 Å². The van der Waals surface area contributed by atoms with Crippen LogP contribution in [0.4, 0.5) is 4.39 Å².